The molecule has 0 aliphatic heterocycles. The molecule has 2 aromatic rings. The van der Waals surface area contributed by atoms with Crippen molar-refractivity contribution in [2.45, 2.75) is 36.8 Å². The number of benzene rings is 2. The summed E-state index contributed by atoms with van der Waals surface area (Å²) >= 11 is 0. The fraction of sp³-hybridized carbons (Fsp3) is 0.333. The van der Waals surface area contributed by atoms with Crippen molar-refractivity contribution >= 4 is 11.9 Å². The Bertz CT molecular complexity index is 808. The molecular weight excluding hydrogens is 364 g/mol. The van der Waals surface area contributed by atoms with E-state index in [1.807, 2.05) is 0 Å². The number of esters is 2. The lowest BCUT2D eigenvalue weighted by Crippen LogP contribution is -2.64. The van der Waals surface area contributed by atoms with Crippen molar-refractivity contribution in [3.05, 3.63) is 71.8 Å². The summed E-state index contributed by atoms with van der Waals surface area (Å²) in [6.45, 7) is -0.861. The molecule has 2 aromatic carbocycles. The minimum Gasteiger partial charge on any atom is -0.456 e. The molecule has 0 spiro atoms. The number of carbonyl (C=O) groups excluding carboxylic acids is 2. The first-order valence-electron chi connectivity index (χ1n) is 8.99. The molecule has 0 aromatic heterocycles. The molecule has 1 saturated carbocycles. The predicted octanol–water partition coefficient (Wildman–Crippen LogP) is 1.32. The lowest BCUT2D eigenvalue weighted by atomic mass is 9.78. The van der Waals surface area contributed by atoms with Crippen molar-refractivity contribution < 1.29 is 34.4 Å². The van der Waals surface area contributed by atoms with Crippen molar-refractivity contribution in [3.63, 3.8) is 0 Å². The maximum atomic E-state index is 12.3. The van der Waals surface area contributed by atoms with Crippen molar-refractivity contribution in [1.82, 2.24) is 0 Å². The molecule has 1 aliphatic carbocycles. The molecule has 0 bridgehead atoms. The second-order valence-corrected chi connectivity index (χ2v) is 6.74. The van der Waals surface area contributed by atoms with E-state index in [1.54, 1.807) is 60.7 Å². The molecule has 3 N–H and O–H groups in total. The second kappa shape index (κ2) is 8.52. The number of aliphatic hydroxyl groups excluding tert-OH is 2. The van der Waals surface area contributed by atoms with Gasteiger partial charge >= 0.3 is 11.9 Å². The zero-order valence-corrected chi connectivity index (χ0v) is 15.1. The largest absolute Gasteiger partial charge is 0.456 e. The number of hydrogen-bond acceptors (Lipinski definition) is 7. The number of ether oxygens (including phenoxy) is 2. The summed E-state index contributed by atoms with van der Waals surface area (Å²) in [4.78, 5) is 24.5. The van der Waals surface area contributed by atoms with Gasteiger partial charge in [-0.3, -0.25) is 0 Å². The summed E-state index contributed by atoms with van der Waals surface area (Å²) in [5.41, 5.74) is -1.56. The van der Waals surface area contributed by atoms with E-state index >= 15 is 0 Å². The highest BCUT2D eigenvalue weighted by atomic mass is 16.6. The molecule has 1 aliphatic rings. The highest BCUT2D eigenvalue weighted by Crippen LogP contribution is 2.34. The molecule has 0 unspecified atom stereocenters. The Morgan fingerprint density at radius 3 is 1.89 bits per heavy atom. The summed E-state index contributed by atoms with van der Waals surface area (Å²) in [6.07, 6.45) is -3.54. The van der Waals surface area contributed by atoms with E-state index in [9.17, 15) is 24.9 Å². The van der Waals surface area contributed by atoms with E-state index in [1.165, 1.54) is 0 Å². The number of aliphatic hydroxyl groups is 3. The second-order valence-electron chi connectivity index (χ2n) is 6.74. The topological polar surface area (TPSA) is 113 Å². The van der Waals surface area contributed by atoms with E-state index in [0.717, 1.165) is 0 Å². The zero-order valence-electron chi connectivity index (χ0n) is 15.1. The van der Waals surface area contributed by atoms with Gasteiger partial charge in [-0.2, -0.15) is 0 Å². The third-order valence-electron chi connectivity index (χ3n) is 4.92. The van der Waals surface area contributed by atoms with Crippen LogP contribution in [0.25, 0.3) is 0 Å². The third kappa shape index (κ3) is 4.06. The minimum absolute atomic E-state index is 0.111. The molecular formula is C21H22O7. The molecule has 1 fully saturated rings. The number of rotatable bonds is 5. The van der Waals surface area contributed by atoms with Crippen LogP contribution in [0.2, 0.25) is 0 Å². The molecule has 28 heavy (non-hydrogen) atoms. The molecule has 0 amide bonds. The zero-order chi connectivity index (χ0) is 20.1. The van der Waals surface area contributed by atoms with Crippen molar-refractivity contribution in [2.24, 2.45) is 0 Å². The fourth-order valence-corrected chi connectivity index (χ4v) is 3.27. The van der Waals surface area contributed by atoms with E-state index < -0.39 is 42.5 Å². The van der Waals surface area contributed by atoms with Crippen molar-refractivity contribution in [2.75, 3.05) is 6.61 Å². The number of hydrogen-bond donors (Lipinski definition) is 3. The highest BCUT2D eigenvalue weighted by Gasteiger charge is 2.53. The Kier molecular flexibility index (Phi) is 6.08. The summed E-state index contributed by atoms with van der Waals surface area (Å²) < 4.78 is 10.7. The summed E-state index contributed by atoms with van der Waals surface area (Å²) in [7, 11) is 0. The maximum absolute atomic E-state index is 12.3. The first-order valence-corrected chi connectivity index (χ1v) is 8.99. The van der Waals surface area contributed by atoms with Crippen LogP contribution >= 0.6 is 0 Å². The van der Waals surface area contributed by atoms with Crippen molar-refractivity contribution in [3.8, 4) is 0 Å². The van der Waals surface area contributed by atoms with Crippen LogP contribution in [0.1, 0.15) is 33.6 Å². The van der Waals surface area contributed by atoms with Gasteiger partial charge in [-0.25, -0.2) is 9.59 Å². The summed E-state index contributed by atoms with van der Waals surface area (Å²) in [5.74, 6) is -1.32. The van der Waals surface area contributed by atoms with Gasteiger partial charge in [0.2, 0.25) is 0 Å². The average Bonchev–Trinajstić information content (AvgIpc) is 2.74. The molecule has 0 radical (unpaired) electrons. The maximum Gasteiger partial charge on any atom is 0.338 e. The normalized spacial score (nSPS) is 27.0. The minimum atomic E-state index is -2.15. The van der Waals surface area contributed by atoms with Gasteiger partial charge in [-0.05, 0) is 37.1 Å². The predicted molar refractivity (Wildman–Crippen MR) is 98.6 cm³/mol. The molecule has 7 nitrogen and oxygen atoms in total. The average molecular weight is 386 g/mol. The van der Waals surface area contributed by atoms with Gasteiger partial charge in [-0.15, -0.1) is 0 Å². The Hall–Kier alpha value is -2.74. The van der Waals surface area contributed by atoms with Gasteiger partial charge in [0, 0.05) is 0 Å². The quantitative estimate of drug-likeness (QED) is 0.664. The SMILES string of the molecule is O=C(O[C@@H]1CC[C@@H](OC(=O)c2ccccc2)[C@](O)(CO)[C@H]1O)c1ccccc1. The van der Waals surface area contributed by atoms with Crippen LogP contribution in [0.15, 0.2) is 60.7 Å². The molecule has 148 valence electrons. The fourth-order valence-electron chi connectivity index (χ4n) is 3.27. The van der Waals surface area contributed by atoms with Crippen LogP contribution in [0.5, 0.6) is 0 Å². The smallest absolute Gasteiger partial charge is 0.338 e. The Morgan fingerprint density at radius 2 is 1.39 bits per heavy atom. The summed E-state index contributed by atoms with van der Waals surface area (Å²) in [5, 5.41) is 31.1. The van der Waals surface area contributed by atoms with E-state index in [2.05, 4.69) is 0 Å². The van der Waals surface area contributed by atoms with Gasteiger partial charge in [-0.1, -0.05) is 36.4 Å². The molecule has 3 rings (SSSR count). The van der Waals surface area contributed by atoms with Gasteiger partial charge < -0.3 is 24.8 Å². The van der Waals surface area contributed by atoms with E-state index in [-0.39, 0.29) is 18.4 Å². The molecule has 7 heteroatoms. The lowest BCUT2D eigenvalue weighted by Gasteiger charge is -2.44. The molecule has 0 saturated heterocycles. The van der Waals surface area contributed by atoms with Crippen LogP contribution in [0.3, 0.4) is 0 Å². The lowest BCUT2D eigenvalue weighted by molar-refractivity contribution is -0.217. The van der Waals surface area contributed by atoms with Crippen molar-refractivity contribution in [1.29, 1.82) is 0 Å². The first kappa shape index (κ1) is 20.0. The first-order chi connectivity index (χ1) is 13.5. The third-order valence-corrected chi connectivity index (χ3v) is 4.92. The summed E-state index contributed by atoms with van der Waals surface area (Å²) in [6, 6.07) is 16.5. The van der Waals surface area contributed by atoms with Gasteiger partial charge in [0.1, 0.15) is 18.3 Å². The van der Waals surface area contributed by atoms with E-state index in [4.69, 9.17) is 9.47 Å². The van der Waals surface area contributed by atoms with Gasteiger partial charge in [0.25, 0.3) is 0 Å². The molecule has 4 atom stereocenters. The highest BCUT2D eigenvalue weighted by molar-refractivity contribution is 5.90. The number of carbonyl (C=O) groups is 2. The Labute approximate surface area is 162 Å². The van der Waals surface area contributed by atoms with Crippen LogP contribution in [-0.4, -0.2) is 57.8 Å². The standard InChI is InChI=1S/C21H22O7/c22-13-21(26)17(28-20(25)15-9-5-2-6-10-15)12-11-16(18(21)23)27-19(24)14-7-3-1-4-8-14/h1-10,16-18,22-23,26H,11-13H2/t16-,17-,18+,21-/m1/s1. The Balaban J connectivity index is 1.70. The Morgan fingerprint density at radius 1 is 0.893 bits per heavy atom. The van der Waals surface area contributed by atoms with Crippen LogP contribution in [-0.2, 0) is 9.47 Å². The van der Waals surface area contributed by atoms with E-state index in [0.29, 0.717) is 5.56 Å². The van der Waals surface area contributed by atoms with Gasteiger partial charge in [0.15, 0.2) is 5.60 Å². The monoisotopic (exact) mass is 386 g/mol. The van der Waals surface area contributed by atoms with Crippen LogP contribution < -0.4 is 0 Å². The van der Waals surface area contributed by atoms with Gasteiger partial charge in [0.05, 0.1) is 17.7 Å². The molecule has 0 heterocycles. The van der Waals surface area contributed by atoms with Crippen LogP contribution in [0, 0.1) is 0 Å². The van der Waals surface area contributed by atoms with Crippen LogP contribution in [0.4, 0.5) is 0 Å².